The second-order valence-electron chi connectivity index (χ2n) is 5.09. The number of carboxylic acid groups (broad SMARTS) is 1. The summed E-state index contributed by atoms with van der Waals surface area (Å²) in [5.41, 5.74) is 0. The van der Waals surface area contributed by atoms with Crippen LogP contribution < -0.4 is 5.32 Å². The summed E-state index contributed by atoms with van der Waals surface area (Å²) in [5, 5.41) is 12.2. The Bertz CT molecular complexity index is 246. The number of piperazine rings is 1. The SMILES string of the molecule is O=C(O)N1CCN(CCC2CCNCC2)CC1. The van der Waals surface area contributed by atoms with Crippen LogP contribution in [0.3, 0.4) is 0 Å². The van der Waals surface area contributed by atoms with Gasteiger partial charge in [0, 0.05) is 26.2 Å². The largest absolute Gasteiger partial charge is 0.465 e. The molecule has 0 aromatic heterocycles. The average Bonchev–Trinajstić information content (AvgIpc) is 2.38. The highest BCUT2D eigenvalue weighted by atomic mass is 16.4. The molecular weight excluding hydrogens is 218 g/mol. The molecule has 0 atom stereocenters. The zero-order chi connectivity index (χ0) is 12.1. The van der Waals surface area contributed by atoms with Crippen molar-refractivity contribution in [3.8, 4) is 0 Å². The van der Waals surface area contributed by atoms with Gasteiger partial charge in [0.25, 0.3) is 0 Å². The van der Waals surface area contributed by atoms with E-state index in [-0.39, 0.29) is 0 Å². The molecule has 0 saturated carbocycles. The van der Waals surface area contributed by atoms with Gasteiger partial charge < -0.3 is 15.3 Å². The number of nitrogens with zero attached hydrogens (tertiary/aromatic N) is 2. The Balaban J connectivity index is 1.62. The minimum Gasteiger partial charge on any atom is -0.465 e. The summed E-state index contributed by atoms with van der Waals surface area (Å²) in [7, 11) is 0. The van der Waals surface area contributed by atoms with Crippen molar-refractivity contribution in [1.82, 2.24) is 15.1 Å². The van der Waals surface area contributed by atoms with Gasteiger partial charge in [0.15, 0.2) is 0 Å². The lowest BCUT2D eigenvalue weighted by Crippen LogP contribution is -2.48. The molecule has 17 heavy (non-hydrogen) atoms. The van der Waals surface area contributed by atoms with E-state index in [1.54, 1.807) is 0 Å². The van der Waals surface area contributed by atoms with Crippen LogP contribution in [0.1, 0.15) is 19.3 Å². The molecule has 2 heterocycles. The van der Waals surface area contributed by atoms with Crippen molar-refractivity contribution in [2.75, 3.05) is 45.8 Å². The molecule has 2 N–H and O–H groups in total. The summed E-state index contributed by atoms with van der Waals surface area (Å²) in [6.45, 7) is 6.60. The van der Waals surface area contributed by atoms with Crippen LogP contribution in [0.25, 0.3) is 0 Å². The lowest BCUT2D eigenvalue weighted by atomic mass is 9.94. The molecule has 0 aliphatic carbocycles. The summed E-state index contributed by atoms with van der Waals surface area (Å²) in [6.07, 6.45) is 3.10. The quantitative estimate of drug-likeness (QED) is 0.762. The van der Waals surface area contributed by atoms with E-state index in [9.17, 15) is 4.79 Å². The molecule has 0 radical (unpaired) electrons. The average molecular weight is 241 g/mol. The molecule has 5 nitrogen and oxygen atoms in total. The van der Waals surface area contributed by atoms with Crippen molar-refractivity contribution in [3.05, 3.63) is 0 Å². The predicted octanol–water partition coefficient (Wildman–Crippen LogP) is 0.672. The monoisotopic (exact) mass is 241 g/mol. The Morgan fingerprint density at radius 2 is 1.82 bits per heavy atom. The van der Waals surface area contributed by atoms with E-state index in [2.05, 4.69) is 10.2 Å². The number of nitrogens with one attached hydrogen (secondary N) is 1. The molecular formula is C12H23N3O2. The highest BCUT2D eigenvalue weighted by Gasteiger charge is 2.21. The summed E-state index contributed by atoms with van der Waals surface area (Å²) < 4.78 is 0. The summed E-state index contributed by atoms with van der Waals surface area (Å²) >= 11 is 0. The number of hydrogen-bond acceptors (Lipinski definition) is 3. The number of piperidine rings is 1. The van der Waals surface area contributed by atoms with Crippen LogP contribution in [0.2, 0.25) is 0 Å². The fourth-order valence-electron chi connectivity index (χ4n) is 2.70. The van der Waals surface area contributed by atoms with Crippen molar-refractivity contribution in [1.29, 1.82) is 0 Å². The standard InChI is InChI=1S/C12H23N3O2/c16-12(17)15-9-7-14(8-10-15)6-3-11-1-4-13-5-2-11/h11,13H,1-10H2,(H,16,17). The van der Waals surface area contributed by atoms with Gasteiger partial charge in [-0.05, 0) is 44.8 Å². The zero-order valence-electron chi connectivity index (χ0n) is 10.4. The lowest BCUT2D eigenvalue weighted by molar-refractivity contribution is 0.102. The van der Waals surface area contributed by atoms with E-state index in [4.69, 9.17) is 5.11 Å². The maximum Gasteiger partial charge on any atom is 0.407 e. The fraction of sp³-hybridized carbons (Fsp3) is 0.917. The third kappa shape index (κ3) is 3.85. The number of carbonyl (C=O) groups is 1. The maximum atomic E-state index is 10.8. The van der Waals surface area contributed by atoms with Crippen LogP contribution in [0.15, 0.2) is 0 Å². The first-order valence-corrected chi connectivity index (χ1v) is 6.66. The molecule has 2 saturated heterocycles. The minimum absolute atomic E-state index is 0.668. The first kappa shape index (κ1) is 12.6. The maximum absolute atomic E-state index is 10.8. The summed E-state index contributed by atoms with van der Waals surface area (Å²) in [6, 6.07) is 0. The molecule has 0 aromatic rings. The summed E-state index contributed by atoms with van der Waals surface area (Å²) in [4.78, 5) is 14.7. The smallest absolute Gasteiger partial charge is 0.407 e. The van der Waals surface area contributed by atoms with Gasteiger partial charge in [0.05, 0.1) is 0 Å². The number of hydrogen-bond donors (Lipinski definition) is 2. The van der Waals surface area contributed by atoms with Crippen molar-refractivity contribution in [2.45, 2.75) is 19.3 Å². The second-order valence-corrected chi connectivity index (χ2v) is 5.09. The van der Waals surface area contributed by atoms with Crippen LogP contribution in [-0.4, -0.2) is 66.8 Å². The molecule has 5 heteroatoms. The third-order valence-corrected chi connectivity index (χ3v) is 3.96. The van der Waals surface area contributed by atoms with Crippen LogP contribution >= 0.6 is 0 Å². The molecule has 2 fully saturated rings. The van der Waals surface area contributed by atoms with Crippen LogP contribution in [0.4, 0.5) is 4.79 Å². The minimum atomic E-state index is -0.775. The van der Waals surface area contributed by atoms with E-state index in [1.807, 2.05) is 0 Å². The Hall–Kier alpha value is -0.810. The van der Waals surface area contributed by atoms with Crippen molar-refractivity contribution in [3.63, 3.8) is 0 Å². The molecule has 2 aliphatic rings. The van der Waals surface area contributed by atoms with E-state index < -0.39 is 6.09 Å². The molecule has 0 unspecified atom stereocenters. The van der Waals surface area contributed by atoms with Gasteiger partial charge >= 0.3 is 6.09 Å². The predicted molar refractivity (Wildman–Crippen MR) is 66.2 cm³/mol. The van der Waals surface area contributed by atoms with E-state index in [1.165, 1.54) is 24.2 Å². The van der Waals surface area contributed by atoms with Gasteiger partial charge in [-0.15, -0.1) is 0 Å². The topological polar surface area (TPSA) is 55.8 Å². The van der Waals surface area contributed by atoms with E-state index in [0.29, 0.717) is 13.1 Å². The molecule has 0 bridgehead atoms. The Morgan fingerprint density at radius 1 is 1.18 bits per heavy atom. The normalized spacial score (nSPS) is 23.9. The van der Waals surface area contributed by atoms with E-state index >= 15 is 0 Å². The van der Waals surface area contributed by atoms with Crippen molar-refractivity contribution >= 4 is 6.09 Å². The number of rotatable bonds is 3. The first-order valence-electron chi connectivity index (χ1n) is 6.66. The van der Waals surface area contributed by atoms with Gasteiger partial charge in [-0.25, -0.2) is 4.79 Å². The van der Waals surface area contributed by atoms with Gasteiger partial charge in [-0.1, -0.05) is 0 Å². The van der Waals surface area contributed by atoms with Gasteiger partial charge in [0.1, 0.15) is 0 Å². The van der Waals surface area contributed by atoms with Gasteiger partial charge in [-0.2, -0.15) is 0 Å². The van der Waals surface area contributed by atoms with Crippen LogP contribution in [0.5, 0.6) is 0 Å². The second kappa shape index (κ2) is 6.21. The van der Waals surface area contributed by atoms with Gasteiger partial charge in [0.2, 0.25) is 0 Å². The Morgan fingerprint density at radius 3 is 2.41 bits per heavy atom. The lowest BCUT2D eigenvalue weighted by Gasteiger charge is -2.34. The molecule has 2 aliphatic heterocycles. The van der Waals surface area contributed by atoms with Crippen molar-refractivity contribution < 1.29 is 9.90 Å². The molecule has 1 amide bonds. The zero-order valence-corrected chi connectivity index (χ0v) is 10.4. The highest BCUT2D eigenvalue weighted by Crippen LogP contribution is 2.16. The number of amides is 1. The Kier molecular flexibility index (Phi) is 4.62. The van der Waals surface area contributed by atoms with E-state index in [0.717, 1.165) is 38.6 Å². The molecule has 2 rings (SSSR count). The van der Waals surface area contributed by atoms with Crippen LogP contribution in [-0.2, 0) is 0 Å². The third-order valence-electron chi connectivity index (χ3n) is 3.96. The Labute approximate surface area is 103 Å². The first-order chi connectivity index (χ1) is 8.25. The highest BCUT2D eigenvalue weighted by molar-refractivity contribution is 5.65. The van der Waals surface area contributed by atoms with Crippen LogP contribution in [0, 0.1) is 5.92 Å². The molecule has 0 spiro atoms. The molecule has 98 valence electrons. The van der Waals surface area contributed by atoms with Gasteiger partial charge in [-0.3, -0.25) is 4.90 Å². The van der Waals surface area contributed by atoms with Crippen molar-refractivity contribution in [2.24, 2.45) is 5.92 Å². The summed E-state index contributed by atoms with van der Waals surface area (Å²) in [5.74, 6) is 0.869. The molecule has 0 aromatic carbocycles. The fourth-order valence-corrected chi connectivity index (χ4v) is 2.70.